The van der Waals surface area contributed by atoms with Gasteiger partial charge in [-0.05, 0) is 38.5 Å². The maximum atomic E-state index is 5.75. The largest absolute Gasteiger partial charge is 0.388 e. The number of nitrogens with two attached hydrogens (primary N) is 1. The van der Waals surface area contributed by atoms with Crippen molar-refractivity contribution in [2.24, 2.45) is 11.7 Å². The summed E-state index contributed by atoms with van der Waals surface area (Å²) in [6.45, 7) is 2.23. The van der Waals surface area contributed by atoms with Crippen molar-refractivity contribution in [3.63, 3.8) is 0 Å². The molecule has 0 bridgehead atoms. The maximum absolute atomic E-state index is 5.75. The summed E-state index contributed by atoms with van der Waals surface area (Å²) in [5.41, 5.74) is 7.71. The zero-order valence-corrected chi connectivity index (χ0v) is 10.9. The topological polar surface area (TPSA) is 56.7 Å². The zero-order chi connectivity index (χ0) is 12.0. The van der Waals surface area contributed by atoms with E-state index in [0.29, 0.717) is 16.9 Å². The third-order valence-electron chi connectivity index (χ3n) is 4.15. The van der Waals surface area contributed by atoms with Crippen molar-refractivity contribution in [3.8, 4) is 0 Å². The van der Waals surface area contributed by atoms with Crippen LogP contribution in [0.1, 0.15) is 62.4 Å². The molecule has 2 aliphatic carbocycles. The van der Waals surface area contributed by atoms with Crippen LogP contribution >= 0.6 is 12.2 Å². The molecule has 5 heteroatoms. The fourth-order valence-corrected chi connectivity index (χ4v) is 2.76. The van der Waals surface area contributed by atoms with Gasteiger partial charge < -0.3 is 5.73 Å². The SMILES string of the molecule is CC(C1CC1)n1nnc(C(N)=S)c1C1CCC1. The Morgan fingerprint density at radius 1 is 1.41 bits per heavy atom. The fraction of sp³-hybridized carbons (Fsp3) is 0.750. The highest BCUT2D eigenvalue weighted by Gasteiger charge is 2.35. The van der Waals surface area contributed by atoms with E-state index in [4.69, 9.17) is 18.0 Å². The lowest BCUT2D eigenvalue weighted by atomic mass is 9.81. The molecule has 1 heterocycles. The minimum Gasteiger partial charge on any atom is -0.388 e. The molecule has 0 spiro atoms. The second kappa shape index (κ2) is 4.05. The summed E-state index contributed by atoms with van der Waals surface area (Å²) in [4.78, 5) is 0.390. The van der Waals surface area contributed by atoms with E-state index in [1.54, 1.807) is 0 Å². The van der Waals surface area contributed by atoms with Gasteiger partial charge in [-0.15, -0.1) is 5.10 Å². The van der Waals surface area contributed by atoms with Gasteiger partial charge in [-0.25, -0.2) is 4.68 Å². The molecule has 1 atom stereocenters. The van der Waals surface area contributed by atoms with Crippen molar-refractivity contribution in [3.05, 3.63) is 11.4 Å². The van der Waals surface area contributed by atoms with Gasteiger partial charge in [0.15, 0.2) is 0 Å². The maximum Gasteiger partial charge on any atom is 0.143 e. The summed E-state index contributed by atoms with van der Waals surface area (Å²) in [6, 6.07) is 0.446. The first-order valence-electron chi connectivity index (χ1n) is 6.43. The third-order valence-corrected chi connectivity index (χ3v) is 4.34. The predicted molar refractivity (Wildman–Crippen MR) is 69.9 cm³/mol. The first-order chi connectivity index (χ1) is 8.18. The number of hydrogen-bond acceptors (Lipinski definition) is 3. The van der Waals surface area contributed by atoms with Crippen LogP contribution in [-0.2, 0) is 0 Å². The van der Waals surface area contributed by atoms with Gasteiger partial charge in [0.1, 0.15) is 10.7 Å². The number of nitrogens with zero attached hydrogens (tertiary/aromatic N) is 3. The Morgan fingerprint density at radius 3 is 2.59 bits per heavy atom. The van der Waals surface area contributed by atoms with E-state index < -0.39 is 0 Å². The summed E-state index contributed by atoms with van der Waals surface area (Å²) in [6.07, 6.45) is 6.37. The second-order valence-electron chi connectivity index (χ2n) is 5.34. The molecular weight excluding hydrogens is 232 g/mol. The van der Waals surface area contributed by atoms with Gasteiger partial charge in [0.05, 0.1) is 11.7 Å². The molecule has 0 radical (unpaired) electrons. The van der Waals surface area contributed by atoms with Crippen LogP contribution in [0.3, 0.4) is 0 Å². The lowest BCUT2D eigenvalue weighted by molar-refractivity contribution is 0.351. The molecule has 0 saturated heterocycles. The van der Waals surface area contributed by atoms with E-state index in [-0.39, 0.29) is 0 Å². The normalized spacial score (nSPS) is 22.2. The van der Waals surface area contributed by atoms with Gasteiger partial charge >= 0.3 is 0 Å². The molecule has 2 fully saturated rings. The predicted octanol–water partition coefficient (Wildman–Crippen LogP) is 2.15. The van der Waals surface area contributed by atoms with Crippen LogP contribution in [0.5, 0.6) is 0 Å². The van der Waals surface area contributed by atoms with Gasteiger partial charge in [0.25, 0.3) is 0 Å². The molecule has 1 aromatic rings. The summed E-state index contributed by atoms with van der Waals surface area (Å²) in [7, 11) is 0. The van der Waals surface area contributed by atoms with E-state index in [1.165, 1.54) is 37.8 Å². The van der Waals surface area contributed by atoms with E-state index >= 15 is 0 Å². The molecule has 17 heavy (non-hydrogen) atoms. The van der Waals surface area contributed by atoms with Crippen LogP contribution in [0, 0.1) is 5.92 Å². The molecule has 2 aliphatic rings. The molecule has 1 unspecified atom stereocenters. The van der Waals surface area contributed by atoms with Crippen LogP contribution in [-0.4, -0.2) is 20.0 Å². The molecular formula is C12H18N4S. The molecule has 2 saturated carbocycles. The van der Waals surface area contributed by atoms with Crippen LogP contribution < -0.4 is 5.73 Å². The van der Waals surface area contributed by atoms with Crippen molar-refractivity contribution < 1.29 is 0 Å². The lowest BCUT2D eigenvalue weighted by Crippen LogP contribution is -2.22. The van der Waals surface area contributed by atoms with Gasteiger partial charge in [0.2, 0.25) is 0 Å². The Morgan fingerprint density at radius 2 is 2.12 bits per heavy atom. The summed E-state index contributed by atoms with van der Waals surface area (Å²) < 4.78 is 2.09. The fourth-order valence-electron chi connectivity index (χ4n) is 2.62. The Hall–Kier alpha value is -0.970. The van der Waals surface area contributed by atoms with E-state index in [0.717, 1.165) is 11.6 Å². The van der Waals surface area contributed by atoms with E-state index in [1.807, 2.05) is 0 Å². The van der Waals surface area contributed by atoms with Crippen molar-refractivity contribution in [2.75, 3.05) is 0 Å². The average molecular weight is 250 g/mol. The molecule has 0 amide bonds. The highest BCUT2D eigenvalue weighted by atomic mass is 32.1. The first-order valence-corrected chi connectivity index (χ1v) is 6.84. The molecule has 3 rings (SSSR count). The highest BCUT2D eigenvalue weighted by Crippen LogP contribution is 2.43. The standard InChI is InChI=1S/C12H18N4S/c1-7(8-5-6-8)16-11(9-3-2-4-9)10(12(13)17)14-15-16/h7-9H,2-6H2,1H3,(H2,13,17). The quantitative estimate of drug-likeness (QED) is 0.832. The monoisotopic (exact) mass is 250 g/mol. The Balaban J connectivity index is 1.98. The molecule has 0 aromatic carbocycles. The minimum absolute atomic E-state index is 0.390. The lowest BCUT2D eigenvalue weighted by Gasteiger charge is -2.28. The van der Waals surface area contributed by atoms with Gasteiger partial charge in [-0.3, -0.25) is 0 Å². The molecule has 92 valence electrons. The van der Waals surface area contributed by atoms with Crippen LogP contribution in [0.4, 0.5) is 0 Å². The van der Waals surface area contributed by atoms with Gasteiger partial charge in [-0.2, -0.15) is 0 Å². The van der Waals surface area contributed by atoms with Crippen molar-refractivity contribution in [1.82, 2.24) is 15.0 Å². The van der Waals surface area contributed by atoms with Crippen LogP contribution in [0.2, 0.25) is 0 Å². The number of aromatic nitrogens is 3. The first kappa shape index (κ1) is 11.1. The Bertz CT molecular complexity index is 445. The summed E-state index contributed by atoms with van der Waals surface area (Å²) in [5, 5.41) is 8.50. The molecule has 4 nitrogen and oxygen atoms in total. The molecule has 1 aromatic heterocycles. The smallest absolute Gasteiger partial charge is 0.143 e. The minimum atomic E-state index is 0.390. The number of rotatable bonds is 4. The van der Waals surface area contributed by atoms with Crippen LogP contribution in [0.25, 0.3) is 0 Å². The van der Waals surface area contributed by atoms with Crippen molar-refractivity contribution in [2.45, 2.75) is 51.0 Å². The number of hydrogen-bond donors (Lipinski definition) is 1. The van der Waals surface area contributed by atoms with Gasteiger partial charge in [0, 0.05) is 5.92 Å². The third kappa shape index (κ3) is 1.86. The van der Waals surface area contributed by atoms with Gasteiger partial charge in [-0.1, -0.05) is 23.9 Å². The van der Waals surface area contributed by atoms with Crippen molar-refractivity contribution in [1.29, 1.82) is 0 Å². The highest BCUT2D eigenvalue weighted by molar-refractivity contribution is 7.80. The Labute approximate surface area is 107 Å². The van der Waals surface area contributed by atoms with E-state index in [9.17, 15) is 0 Å². The summed E-state index contributed by atoms with van der Waals surface area (Å²) >= 11 is 5.08. The van der Waals surface area contributed by atoms with Crippen molar-refractivity contribution >= 4 is 17.2 Å². The zero-order valence-electron chi connectivity index (χ0n) is 10.1. The molecule has 0 aliphatic heterocycles. The summed E-state index contributed by atoms with van der Waals surface area (Å²) in [5.74, 6) is 1.34. The molecule has 2 N–H and O–H groups in total. The Kier molecular flexibility index (Phi) is 2.65. The van der Waals surface area contributed by atoms with Crippen LogP contribution in [0.15, 0.2) is 0 Å². The number of thiocarbonyl (C=S) groups is 1. The average Bonchev–Trinajstić information content (AvgIpc) is 2.96. The second-order valence-corrected chi connectivity index (χ2v) is 5.78. The van der Waals surface area contributed by atoms with E-state index in [2.05, 4.69) is 21.9 Å².